The summed E-state index contributed by atoms with van der Waals surface area (Å²) in [5.41, 5.74) is 0.840. The van der Waals surface area contributed by atoms with Crippen molar-refractivity contribution in [1.82, 2.24) is 24.9 Å². The zero-order chi connectivity index (χ0) is 11.9. The van der Waals surface area contributed by atoms with Crippen LogP contribution >= 0.6 is 0 Å². The fourth-order valence-corrected chi connectivity index (χ4v) is 2.24. The van der Waals surface area contributed by atoms with E-state index in [4.69, 9.17) is 0 Å². The molecule has 3 heterocycles. The minimum atomic E-state index is 0.0503. The number of anilines is 1. The number of nitrogens with one attached hydrogen (secondary N) is 2. The van der Waals surface area contributed by atoms with E-state index < -0.39 is 0 Å². The normalized spacial score (nSPS) is 24.4. The number of aryl methyl sites for hydroxylation is 1. The van der Waals surface area contributed by atoms with Crippen LogP contribution in [0.2, 0.25) is 0 Å². The Balaban J connectivity index is 2.00. The number of fused-ring (bicyclic) bond motifs is 1. The highest BCUT2D eigenvalue weighted by Crippen LogP contribution is 2.22. The first kappa shape index (κ1) is 10.5. The second-order valence-corrected chi connectivity index (χ2v) is 4.83. The Morgan fingerprint density at radius 1 is 1.47 bits per heavy atom. The third-order valence-electron chi connectivity index (χ3n) is 3.29. The van der Waals surface area contributed by atoms with Gasteiger partial charge in [0.25, 0.3) is 0 Å². The monoisotopic (exact) mass is 232 g/mol. The average Bonchev–Trinajstić information content (AvgIpc) is 2.88. The van der Waals surface area contributed by atoms with E-state index >= 15 is 0 Å². The number of aromatic nitrogens is 4. The van der Waals surface area contributed by atoms with Crippen LogP contribution in [-0.2, 0) is 0 Å². The summed E-state index contributed by atoms with van der Waals surface area (Å²) in [5.74, 6) is 1.68. The molecule has 0 aliphatic carbocycles. The van der Waals surface area contributed by atoms with Crippen LogP contribution < -0.4 is 10.6 Å². The molecule has 0 aromatic carbocycles. The summed E-state index contributed by atoms with van der Waals surface area (Å²) in [6.45, 7) is 6.12. The molecule has 1 aliphatic heterocycles. The molecule has 1 unspecified atom stereocenters. The molecule has 2 aromatic heterocycles. The van der Waals surface area contributed by atoms with Crippen LogP contribution in [-0.4, -0.2) is 38.2 Å². The largest absolute Gasteiger partial charge is 0.360 e. The molecule has 1 atom stereocenters. The quantitative estimate of drug-likeness (QED) is 0.793. The molecule has 0 amide bonds. The van der Waals surface area contributed by atoms with E-state index in [1.54, 1.807) is 6.20 Å². The Kier molecular flexibility index (Phi) is 2.25. The van der Waals surface area contributed by atoms with Crippen molar-refractivity contribution in [3.63, 3.8) is 0 Å². The fourth-order valence-electron chi connectivity index (χ4n) is 2.24. The van der Waals surface area contributed by atoms with Crippen molar-refractivity contribution < 1.29 is 0 Å². The summed E-state index contributed by atoms with van der Waals surface area (Å²) in [4.78, 5) is 4.37. The lowest BCUT2D eigenvalue weighted by Crippen LogP contribution is -2.37. The zero-order valence-electron chi connectivity index (χ0n) is 10.1. The molecule has 6 nitrogen and oxygen atoms in total. The van der Waals surface area contributed by atoms with E-state index in [-0.39, 0.29) is 5.54 Å². The summed E-state index contributed by atoms with van der Waals surface area (Å²) < 4.78 is 1.95. The molecule has 17 heavy (non-hydrogen) atoms. The van der Waals surface area contributed by atoms with E-state index in [1.807, 2.05) is 17.5 Å². The first-order valence-electron chi connectivity index (χ1n) is 5.83. The second-order valence-electron chi connectivity index (χ2n) is 4.83. The molecule has 2 aromatic rings. The van der Waals surface area contributed by atoms with E-state index in [9.17, 15) is 0 Å². The maximum absolute atomic E-state index is 4.37. The topological polar surface area (TPSA) is 67.1 Å². The standard InChI is InChI=1S/C11H16N6/c1-8-15-16-10-9(13-5-6-17(8)10)14-11(2)3-4-12-7-11/h5-6,12H,3-4,7H2,1-2H3,(H,13,14). The molecule has 1 aliphatic rings. The maximum Gasteiger partial charge on any atom is 0.203 e. The van der Waals surface area contributed by atoms with Crippen LogP contribution in [0.15, 0.2) is 12.4 Å². The number of nitrogens with zero attached hydrogens (tertiary/aromatic N) is 4. The van der Waals surface area contributed by atoms with Crippen LogP contribution in [0.1, 0.15) is 19.2 Å². The van der Waals surface area contributed by atoms with Gasteiger partial charge < -0.3 is 10.6 Å². The zero-order valence-corrected chi connectivity index (χ0v) is 10.1. The number of hydrogen-bond donors (Lipinski definition) is 2. The van der Waals surface area contributed by atoms with Crippen molar-refractivity contribution in [2.45, 2.75) is 25.8 Å². The summed E-state index contributed by atoms with van der Waals surface area (Å²) in [7, 11) is 0. The Hall–Kier alpha value is -1.69. The van der Waals surface area contributed by atoms with Crippen LogP contribution in [0.25, 0.3) is 5.65 Å². The highest BCUT2D eigenvalue weighted by molar-refractivity contribution is 5.63. The molecule has 0 saturated carbocycles. The fraction of sp³-hybridized carbons (Fsp3) is 0.545. The Morgan fingerprint density at radius 3 is 3.12 bits per heavy atom. The highest BCUT2D eigenvalue weighted by Gasteiger charge is 2.29. The Bertz CT molecular complexity index is 540. The number of hydrogen-bond acceptors (Lipinski definition) is 5. The van der Waals surface area contributed by atoms with Gasteiger partial charge in [-0.05, 0) is 26.8 Å². The second kappa shape index (κ2) is 3.66. The summed E-state index contributed by atoms with van der Waals surface area (Å²) >= 11 is 0. The molecule has 3 rings (SSSR count). The van der Waals surface area contributed by atoms with Gasteiger partial charge in [0.1, 0.15) is 5.82 Å². The third-order valence-corrected chi connectivity index (χ3v) is 3.29. The summed E-state index contributed by atoms with van der Waals surface area (Å²) in [5, 5.41) is 15.1. The van der Waals surface area contributed by atoms with Crippen molar-refractivity contribution in [3.8, 4) is 0 Å². The Labute approximate surface area is 99.5 Å². The SMILES string of the molecule is Cc1nnc2c(NC3(C)CCNC3)nccn12. The van der Waals surface area contributed by atoms with Gasteiger partial charge in [0.2, 0.25) is 5.65 Å². The highest BCUT2D eigenvalue weighted by atomic mass is 15.3. The van der Waals surface area contributed by atoms with Crippen LogP contribution in [0, 0.1) is 6.92 Å². The molecule has 1 fully saturated rings. The molecule has 0 bridgehead atoms. The third kappa shape index (κ3) is 1.74. The summed E-state index contributed by atoms with van der Waals surface area (Å²) in [6.07, 6.45) is 4.74. The Morgan fingerprint density at radius 2 is 2.35 bits per heavy atom. The lowest BCUT2D eigenvalue weighted by atomic mass is 10.0. The van der Waals surface area contributed by atoms with Gasteiger partial charge in [0.15, 0.2) is 5.82 Å². The van der Waals surface area contributed by atoms with Crippen LogP contribution in [0.3, 0.4) is 0 Å². The van der Waals surface area contributed by atoms with Gasteiger partial charge in [-0.3, -0.25) is 4.40 Å². The minimum absolute atomic E-state index is 0.0503. The van der Waals surface area contributed by atoms with Gasteiger partial charge in [-0.15, -0.1) is 10.2 Å². The van der Waals surface area contributed by atoms with Crippen molar-refractivity contribution >= 4 is 11.5 Å². The van der Waals surface area contributed by atoms with Crippen LogP contribution in [0.5, 0.6) is 0 Å². The molecule has 90 valence electrons. The first-order chi connectivity index (χ1) is 8.18. The minimum Gasteiger partial charge on any atom is -0.360 e. The predicted octanol–water partition coefficient (Wildman–Crippen LogP) is 0.597. The van der Waals surface area contributed by atoms with Gasteiger partial charge in [-0.2, -0.15) is 0 Å². The van der Waals surface area contributed by atoms with Gasteiger partial charge in [-0.25, -0.2) is 4.98 Å². The maximum atomic E-state index is 4.37. The van der Waals surface area contributed by atoms with E-state index in [2.05, 4.69) is 32.7 Å². The molecular formula is C11H16N6. The van der Waals surface area contributed by atoms with Crippen LogP contribution in [0.4, 0.5) is 5.82 Å². The smallest absolute Gasteiger partial charge is 0.203 e. The van der Waals surface area contributed by atoms with Gasteiger partial charge in [-0.1, -0.05) is 0 Å². The lowest BCUT2D eigenvalue weighted by molar-refractivity contribution is 0.564. The van der Waals surface area contributed by atoms with E-state index in [0.717, 1.165) is 36.8 Å². The van der Waals surface area contributed by atoms with Crippen molar-refractivity contribution in [3.05, 3.63) is 18.2 Å². The average molecular weight is 232 g/mol. The molecule has 0 spiro atoms. The van der Waals surface area contributed by atoms with Crippen molar-refractivity contribution in [1.29, 1.82) is 0 Å². The first-order valence-corrected chi connectivity index (χ1v) is 5.83. The van der Waals surface area contributed by atoms with Gasteiger partial charge in [0.05, 0.1) is 0 Å². The molecular weight excluding hydrogens is 216 g/mol. The van der Waals surface area contributed by atoms with Crippen molar-refractivity contribution in [2.24, 2.45) is 0 Å². The van der Waals surface area contributed by atoms with E-state index in [0.29, 0.717) is 0 Å². The molecule has 6 heteroatoms. The molecule has 0 radical (unpaired) electrons. The van der Waals surface area contributed by atoms with Gasteiger partial charge in [0, 0.05) is 24.5 Å². The van der Waals surface area contributed by atoms with Crippen molar-refractivity contribution in [2.75, 3.05) is 18.4 Å². The van der Waals surface area contributed by atoms with Gasteiger partial charge >= 0.3 is 0 Å². The summed E-state index contributed by atoms with van der Waals surface area (Å²) in [6, 6.07) is 0. The van der Waals surface area contributed by atoms with E-state index in [1.165, 1.54) is 0 Å². The molecule has 1 saturated heterocycles. The predicted molar refractivity (Wildman–Crippen MR) is 65.0 cm³/mol. The molecule has 2 N–H and O–H groups in total. The lowest BCUT2D eigenvalue weighted by Gasteiger charge is -2.25. The number of rotatable bonds is 2.